The van der Waals surface area contributed by atoms with Gasteiger partial charge in [-0.1, -0.05) is 25.5 Å². The summed E-state index contributed by atoms with van der Waals surface area (Å²) in [6.45, 7) is 2.14. The monoisotopic (exact) mass is 301 g/mol. The van der Waals surface area contributed by atoms with Crippen LogP contribution in [-0.2, 0) is 13.5 Å². The van der Waals surface area contributed by atoms with E-state index in [0.717, 1.165) is 19.3 Å². The van der Waals surface area contributed by atoms with Crippen molar-refractivity contribution in [2.75, 3.05) is 5.32 Å². The number of unbranched alkanes of at least 4 members (excludes halogenated alkanes) is 1. The molecule has 0 radical (unpaired) electrons. The normalized spacial score (nSPS) is 10.5. The summed E-state index contributed by atoms with van der Waals surface area (Å²) < 4.78 is 1.26. The molecule has 22 heavy (non-hydrogen) atoms. The highest BCUT2D eigenvalue weighted by Gasteiger charge is 2.21. The number of nitrogens with zero attached hydrogens (tertiary/aromatic N) is 2. The van der Waals surface area contributed by atoms with E-state index in [9.17, 15) is 9.59 Å². The van der Waals surface area contributed by atoms with Gasteiger partial charge in [-0.3, -0.25) is 9.48 Å². The third kappa shape index (κ3) is 3.52. The molecule has 2 rings (SSSR count). The molecule has 0 saturated heterocycles. The third-order valence-electron chi connectivity index (χ3n) is 3.42. The summed E-state index contributed by atoms with van der Waals surface area (Å²) in [5, 5.41) is 15.6. The van der Waals surface area contributed by atoms with Crippen molar-refractivity contribution in [3.8, 4) is 0 Å². The molecule has 0 aliphatic heterocycles. The number of aryl methyl sites for hydroxylation is 2. The molecule has 0 fully saturated rings. The number of hydrogen-bond acceptors (Lipinski definition) is 3. The Bertz CT molecular complexity index is 674. The van der Waals surface area contributed by atoms with Crippen LogP contribution >= 0.6 is 0 Å². The lowest BCUT2D eigenvalue weighted by molar-refractivity contribution is 0.0692. The number of carbonyl (C=O) groups is 2. The van der Waals surface area contributed by atoms with E-state index in [2.05, 4.69) is 17.3 Å². The summed E-state index contributed by atoms with van der Waals surface area (Å²) in [4.78, 5) is 23.3. The topological polar surface area (TPSA) is 84.2 Å². The third-order valence-corrected chi connectivity index (χ3v) is 3.42. The maximum absolute atomic E-state index is 12.2. The molecule has 0 atom stereocenters. The fourth-order valence-corrected chi connectivity index (χ4v) is 2.19. The molecule has 0 saturated carbocycles. The van der Waals surface area contributed by atoms with Crippen LogP contribution in [0, 0.1) is 0 Å². The highest BCUT2D eigenvalue weighted by atomic mass is 16.4. The smallest absolute Gasteiger partial charge is 0.339 e. The molecule has 116 valence electrons. The second kappa shape index (κ2) is 6.89. The van der Waals surface area contributed by atoms with Crippen LogP contribution in [0.1, 0.15) is 46.2 Å². The van der Waals surface area contributed by atoms with E-state index in [1.54, 1.807) is 0 Å². The summed E-state index contributed by atoms with van der Waals surface area (Å²) in [6, 6.07) is 7.57. The van der Waals surface area contributed by atoms with Crippen molar-refractivity contribution in [3.05, 3.63) is 47.3 Å². The Morgan fingerprint density at radius 1 is 1.27 bits per heavy atom. The standard InChI is InChI=1S/C16H19N3O3/c1-3-4-5-11-6-8-12(9-7-11)18-15(20)14-13(16(21)22)10-17-19(14)2/h6-10H,3-5H2,1-2H3,(H,18,20)(H,21,22). The SMILES string of the molecule is CCCCc1ccc(NC(=O)c2c(C(=O)O)cnn2C)cc1. The molecule has 0 aliphatic carbocycles. The zero-order valence-corrected chi connectivity index (χ0v) is 12.7. The zero-order valence-electron chi connectivity index (χ0n) is 12.7. The number of amides is 1. The highest BCUT2D eigenvalue weighted by molar-refractivity contribution is 6.09. The second-order valence-electron chi connectivity index (χ2n) is 5.09. The molecule has 2 N–H and O–H groups in total. The number of anilines is 1. The molecular formula is C16H19N3O3. The van der Waals surface area contributed by atoms with Gasteiger partial charge in [-0.25, -0.2) is 4.79 Å². The first-order valence-corrected chi connectivity index (χ1v) is 7.18. The summed E-state index contributed by atoms with van der Waals surface area (Å²) in [7, 11) is 1.54. The van der Waals surface area contributed by atoms with E-state index >= 15 is 0 Å². The predicted octanol–water partition coefficient (Wildman–Crippen LogP) is 2.71. The van der Waals surface area contributed by atoms with Crippen LogP contribution in [0.15, 0.2) is 30.5 Å². The molecule has 1 aromatic heterocycles. The summed E-state index contributed by atoms with van der Waals surface area (Å²) >= 11 is 0. The number of rotatable bonds is 6. The predicted molar refractivity (Wildman–Crippen MR) is 83.2 cm³/mol. The van der Waals surface area contributed by atoms with Crippen molar-refractivity contribution in [2.45, 2.75) is 26.2 Å². The number of nitrogens with one attached hydrogen (secondary N) is 1. The molecular weight excluding hydrogens is 282 g/mol. The average Bonchev–Trinajstić information content (AvgIpc) is 2.88. The number of aromatic nitrogens is 2. The van der Waals surface area contributed by atoms with E-state index in [0.29, 0.717) is 5.69 Å². The zero-order chi connectivity index (χ0) is 16.1. The number of aromatic carboxylic acids is 1. The van der Waals surface area contributed by atoms with E-state index in [4.69, 9.17) is 5.11 Å². The van der Waals surface area contributed by atoms with E-state index in [-0.39, 0.29) is 11.3 Å². The maximum Gasteiger partial charge on any atom is 0.339 e. The van der Waals surface area contributed by atoms with Gasteiger partial charge in [-0.2, -0.15) is 5.10 Å². The Labute approximate surface area is 128 Å². The van der Waals surface area contributed by atoms with Crippen molar-refractivity contribution in [1.82, 2.24) is 9.78 Å². The van der Waals surface area contributed by atoms with Gasteiger partial charge in [0, 0.05) is 12.7 Å². The molecule has 1 aromatic carbocycles. The Hall–Kier alpha value is -2.63. The minimum Gasteiger partial charge on any atom is -0.478 e. The maximum atomic E-state index is 12.2. The molecule has 1 heterocycles. The first-order valence-electron chi connectivity index (χ1n) is 7.18. The van der Waals surface area contributed by atoms with Crippen LogP contribution in [-0.4, -0.2) is 26.8 Å². The fraction of sp³-hybridized carbons (Fsp3) is 0.312. The quantitative estimate of drug-likeness (QED) is 0.859. The Kier molecular flexibility index (Phi) is 4.93. The number of carboxylic acids is 1. The van der Waals surface area contributed by atoms with Gasteiger partial charge < -0.3 is 10.4 Å². The Balaban J connectivity index is 2.12. The van der Waals surface area contributed by atoms with Crippen LogP contribution in [0.3, 0.4) is 0 Å². The number of carbonyl (C=O) groups excluding carboxylic acids is 1. The van der Waals surface area contributed by atoms with E-state index < -0.39 is 11.9 Å². The highest BCUT2D eigenvalue weighted by Crippen LogP contribution is 2.15. The fourth-order valence-electron chi connectivity index (χ4n) is 2.19. The molecule has 6 heteroatoms. The van der Waals surface area contributed by atoms with Crippen LogP contribution in [0.5, 0.6) is 0 Å². The van der Waals surface area contributed by atoms with Crippen molar-refractivity contribution in [2.24, 2.45) is 7.05 Å². The number of hydrogen-bond donors (Lipinski definition) is 2. The first kappa shape index (κ1) is 15.8. The van der Waals surface area contributed by atoms with Gasteiger partial charge in [0.2, 0.25) is 0 Å². The van der Waals surface area contributed by atoms with Gasteiger partial charge in [0.25, 0.3) is 5.91 Å². The van der Waals surface area contributed by atoms with Crippen molar-refractivity contribution < 1.29 is 14.7 Å². The van der Waals surface area contributed by atoms with Gasteiger partial charge in [0.15, 0.2) is 0 Å². The van der Waals surface area contributed by atoms with E-state index in [1.807, 2.05) is 24.3 Å². The number of carboxylic acid groups (broad SMARTS) is 1. The second-order valence-corrected chi connectivity index (χ2v) is 5.09. The van der Waals surface area contributed by atoms with Crippen molar-refractivity contribution in [1.29, 1.82) is 0 Å². The van der Waals surface area contributed by atoms with Crippen LogP contribution in [0.25, 0.3) is 0 Å². The van der Waals surface area contributed by atoms with Crippen LogP contribution in [0.2, 0.25) is 0 Å². The molecule has 0 aliphatic rings. The Morgan fingerprint density at radius 2 is 1.95 bits per heavy atom. The lowest BCUT2D eigenvalue weighted by atomic mass is 10.1. The van der Waals surface area contributed by atoms with E-state index in [1.165, 1.54) is 23.5 Å². The molecule has 6 nitrogen and oxygen atoms in total. The summed E-state index contributed by atoms with van der Waals surface area (Å²) in [5.41, 5.74) is 1.76. The van der Waals surface area contributed by atoms with Gasteiger partial charge in [0.05, 0.1) is 6.20 Å². The van der Waals surface area contributed by atoms with Gasteiger partial charge in [0.1, 0.15) is 11.3 Å². The van der Waals surface area contributed by atoms with Crippen LogP contribution < -0.4 is 5.32 Å². The first-order chi connectivity index (χ1) is 10.5. The van der Waals surface area contributed by atoms with Crippen molar-refractivity contribution in [3.63, 3.8) is 0 Å². The molecule has 0 bridgehead atoms. The molecule has 2 aromatic rings. The molecule has 0 spiro atoms. The lowest BCUT2D eigenvalue weighted by Crippen LogP contribution is -2.19. The van der Waals surface area contributed by atoms with Gasteiger partial charge in [-0.05, 0) is 30.5 Å². The lowest BCUT2D eigenvalue weighted by Gasteiger charge is -2.07. The minimum absolute atomic E-state index is 0.0301. The summed E-state index contributed by atoms with van der Waals surface area (Å²) in [6.07, 6.45) is 4.44. The van der Waals surface area contributed by atoms with Gasteiger partial charge >= 0.3 is 5.97 Å². The average molecular weight is 301 g/mol. The largest absolute Gasteiger partial charge is 0.478 e. The number of benzene rings is 1. The van der Waals surface area contributed by atoms with Crippen LogP contribution in [0.4, 0.5) is 5.69 Å². The Morgan fingerprint density at radius 3 is 2.55 bits per heavy atom. The molecule has 1 amide bonds. The van der Waals surface area contributed by atoms with Gasteiger partial charge in [-0.15, -0.1) is 0 Å². The van der Waals surface area contributed by atoms with Crippen molar-refractivity contribution >= 4 is 17.6 Å². The minimum atomic E-state index is -1.17. The molecule has 0 unspecified atom stereocenters. The summed E-state index contributed by atoms with van der Waals surface area (Å²) in [5.74, 6) is -1.66.